The number of benzene rings is 3. The summed E-state index contributed by atoms with van der Waals surface area (Å²) in [7, 11) is -4.30. The number of carbonyl (C=O) groups excluding carboxylic acids is 2. The largest absolute Gasteiger partial charge is 0.352 e. The Morgan fingerprint density at radius 1 is 0.860 bits per heavy atom. The molecular weight excluding hydrogens is 652 g/mol. The topological polar surface area (TPSA) is 86.8 Å². The Labute approximate surface area is 273 Å². The van der Waals surface area contributed by atoms with E-state index in [0.717, 1.165) is 36.4 Å². The van der Waals surface area contributed by atoms with Crippen molar-refractivity contribution in [3.05, 3.63) is 92.4 Å². The third kappa shape index (κ3) is 7.97. The SMILES string of the molecule is CC[C@@H](C(=O)NC1CCCCC1)N(Cc1c(Cl)cccc1Cl)C(=O)CN(c1cccc(Cl)c1Cl)S(=O)(=O)c1ccccc1. The number of amides is 2. The van der Waals surface area contributed by atoms with Gasteiger partial charge in [0.25, 0.3) is 10.0 Å². The van der Waals surface area contributed by atoms with E-state index in [2.05, 4.69) is 5.32 Å². The first-order chi connectivity index (χ1) is 20.5. The van der Waals surface area contributed by atoms with Crippen LogP contribution < -0.4 is 9.62 Å². The summed E-state index contributed by atoms with van der Waals surface area (Å²) >= 11 is 25.8. The van der Waals surface area contributed by atoms with Crippen LogP contribution in [0, 0.1) is 0 Å². The van der Waals surface area contributed by atoms with Crippen LogP contribution in [-0.4, -0.2) is 43.8 Å². The number of nitrogens with zero attached hydrogens (tertiary/aromatic N) is 2. The second-order valence-electron chi connectivity index (χ2n) is 10.4. The third-order valence-electron chi connectivity index (χ3n) is 7.54. The first-order valence-corrected chi connectivity index (χ1v) is 17.0. The zero-order valence-electron chi connectivity index (χ0n) is 23.6. The molecule has 1 N–H and O–H groups in total. The second kappa shape index (κ2) is 15.0. The van der Waals surface area contributed by atoms with Gasteiger partial charge in [-0.25, -0.2) is 8.42 Å². The highest BCUT2D eigenvalue weighted by molar-refractivity contribution is 7.92. The number of hydrogen-bond acceptors (Lipinski definition) is 4. The van der Waals surface area contributed by atoms with Crippen LogP contribution in [-0.2, 0) is 26.2 Å². The van der Waals surface area contributed by atoms with E-state index in [1.165, 1.54) is 29.2 Å². The van der Waals surface area contributed by atoms with Crippen molar-refractivity contribution in [2.24, 2.45) is 0 Å². The van der Waals surface area contributed by atoms with Crippen LogP contribution in [0.15, 0.2) is 71.6 Å². The first kappa shape index (κ1) is 33.4. The minimum atomic E-state index is -4.30. The van der Waals surface area contributed by atoms with Crippen molar-refractivity contribution in [3.63, 3.8) is 0 Å². The highest BCUT2D eigenvalue weighted by Gasteiger charge is 2.35. The maximum atomic E-state index is 14.3. The van der Waals surface area contributed by atoms with Gasteiger partial charge >= 0.3 is 0 Å². The molecule has 4 rings (SSSR count). The summed E-state index contributed by atoms with van der Waals surface area (Å²) < 4.78 is 28.9. The summed E-state index contributed by atoms with van der Waals surface area (Å²) in [6, 6.07) is 16.3. The molecule has 0 bridgehead atoms. The van der Waals surface area contributed by atoms with Gasteiger partial charge in [-0.05, 0) is 55.7 Å². The van der Waals surface area contributed by atoms with Crippen molar-refractivity contribution >= 4 is 73.9 Å². The van der Waals surface area contributed by atoms with Crippen molar-refractivity contribution in [2.75, 3.05) is 10.8 Å². The fraction of sp³-hybridized carbons (Fsp3) is 0.355. The summed E-state index contributed by atoms with van der Waals surface area (Å²) in [6.45, 7) is 1.02. The fourth-order valence-electron chi connectivity index (χ4n) is 5.24. The molecule has 7 nitrogen and oxygen atoms in total. The van der Waals surface area contributed by atoms with Gasteiger partial charge in [-0.3, -0.25) is 13.9 Å². The minimum absolute atomic E-state index is 0.0105. The van der Waals surface area contributed by atoms with Crippen LogP contribution in [0.4, 0.5) is 5.69 Å². The molecule has 0 saturated heterocycles. The lowest BCUT2D eigenvalue weighted by Crippen LogP contribution is -2.54. The molecule has 0 spiro atoms. The van der Waals surface area contributed by atoms with E-state index in [4.69, 9.17) is 46.4 Å². The van der Waals surface area contributed by atoms with E-state index < -0.39 is 28.5 Å². The fourth-order valence-corrected chi connectivity index (χ4v) is 7.65. The molecular formula is C31H33Cl4N3O4S. The van der Waals surface area contributed by atoms with E-state index in [-0.39, 0.29) is 45.5 Å². The lowest BCUT2D eigenvalue weighted by molar-refractivity contribution is -0.140. The first-order valence-electron chi connectivity index (χ1n) is 14.1. The molecule has 2 amide bonds. The zero-order chi connectivity index (χ0) is 31.1. The number of anilines is 1. The van der Waals surface area contributed by atoms with Gasteiger partial charge in [0.05, 0.1) is 20.6 Å². The van der Waals surface area contributed by atoms with Crippen molar-refractivity contribution in [1.29, 1.82) is 0 Å². The minimum Gasteiger partial charge on any atom is -0.352 e. The predicted octanol–water partition coefficient (Wildman–Crippen LogP) is 7.75. The number of halogens is 4. The van der Waals surface area contributed by atoms with Crippen LogP contribution in [0.25, 0.3) is 0 Å². The average Bonchev–Trinajstić information content (AvgIpc) is 2.99. The van der Waals surface area contributed by atoms with Gasteiger partial charge < -0.3 is 10.2 Å². The molecule has 1 aliphatic rings. The summed E-state index contributed by atoms with van der Waals surface area (Å²) in [5.74, 6) is -0.957. The van der Waals surface area contributed by atoms with Crippen LogP contribution in [0.2, 0.25) is 20.1 Å². The van der Waals surface area contributed by atoms with Crippen LogP contribution in [0.1, 0.15) is 51.0 Å². The monoisotopic (exact) mass is 683 g/mol. The lowest BCUT2D eigenvalue weighted by atomic mass is 9.95. The van der Waals surface area contributed by atoms with Gasteiger partial charge in [0.15, 0.2) is 0 Å². The molecule has 12 heteroatoms. The van der Waals surface area contributed by atoms with Gasteiger partial charge in [0, 0.05) is 28.2 Å². The maximum absolute atomic E-state index is 14.3. The Morgan fingerprint density at radius 2 is 1.47 bits per heavy atom. The van der Waals surface area contributed by atoms with Crippen molar-refractivity contribution in [3.8, 4) is 0 Å². The summed E-state index contributed by atoms with van der Waals surface area (Å²) in [5.41, 5.74) is 0.475. The summed E-state index contributed by atoms with van der Waals surface area (Å²) in [4.78, 5) is 29.3. The second-order valence-corrected chi connectivity index (χ2v) is 13.8. The zero-order valence-corrected chi connectivity index (χ0v) is 27.5. The van der Waals surface area contributed by atoms with Crippen molar-refractivity contribution in [1.82, 2.24) is 10.2 Å². The smallest absolute Gasteiger partial charge is 0.264 e. The van der Waals surface area contributed by atoms with Crippen LogP contribution in [0.3, 0.4) is 0 Å². The highest BCUT2D eigenvalue weighted by Crippen LogP contribution is 2.36. The van der Waals surface area contributed by atoms with Gasteiger partial charge in [-0.2, -0.15) is 0 Å². The maximum Gasteiger partial charge on any atom is 0.264 e. The van der Waals surface area contributed by atoms with Gasteiger partial charge in [0.2, 0.25) is 11.8 Å². The van der Waals surface area contributed by atoms with Gasteiger partial charge in [-0.1, -0.05) is 103 Å². The van der Waals surface area contributed by atoms with E-state index in [0.29, 0.717) is 15.6 Å². The van der Waals surface area contributed by atoms with E-state index in [1.54, 1.807) is 49.4 Å². The molecule has 0 heterocycles. The molecule has 230 valence electrons. The Hall–Kier alpha value is -2.49. The number of sulfonamides is 1. The van der Waals surface area contributed by atoms with E-state index in [9.17, 15) is 18.0 Å². The quantitative estimate of drug-likeness (QED) is 0.224. The molecule has 3 aromatic rings. The molecule has 43 heavy (non-hydrogen) atoms. The lowest BCUT2D eigenvalue weighted by Gasteiger charge is -2.35. The normalized spacial score (nSPS) is 14.6. The molecule has 1 atom stereocenters. The van der Waals surface area contributed by atoms with Crippen LogP contribution >= 0.6 is 46.4 Å². The number of nitrogens with one attached hydrogen (secondary N) is 1. The molecule has 1 aliphatic carbocycles. The Morgan fingerprint density at radius 3 is 2.09 bits per heavy atom. The molecule has 0 aliphatic heterocycles. The summed E-state index contributed by atoms with van der Waals surface area (Å²) in [5, 5.41) is 3.84. The van der Waals surface area contributed by atoms with Crippen LogP contribution in [0.5, 0.6) is 0 Å². The average molecular weight is 686 g/mol. The predicted molar refractivity (Wildman–Crippen MR) is 174 cm³/mol. The Bertz CT molecular complexity index is 1530. The molecule has 0 aromatic heterocycles. The molecule has 0 unspecified atom stereocenters. The molecule has 3 aromatic carbocycles. The van der Waals surface area contributed by atoms with Gasteiger partial charge in [0.1, 0.15) is 12.6 Å². The molecule has 0 radical (unpaired) electrons. The number of hydrogen-bond donors (Lipinski definition) is 1. The summed E-state index contributed by atoms with van der Waals surface area (Å²) in [6.07, 6.45) is 5.16. The van der Waals surface area contributed by atoms with E-state index >= 15 is 0 Å². The number of carbonyl (C=O) groups is 2. The third-order valence-corrected chi connectivity index (χ3v) is 10.8. The Balaban J connectivity index is 1.76. The Kier molecular flexibility index (Phi) is 11.6. The van der Waals surface area contributed by atoms with Crippen molar-refractivity contribution < 1.29 is 18.0 Å². The number of rotatable bonds is 11. The molecule has 1 fully saturated rings. The van der Waals surface area contributed by atoms with Crippen molar-refractivity contribution in [2.45, 2.75) is 69.0 Å². The van der Waals surface area contributed by atoms with E-state index in [1.807, 2.05) is 0 Å². The molecule has 1 saturated carbocycles. The highest BCUT2D eigenvalue weighted by atomic mass is 35.5. The van der Waals surface area contributed by atoms with Gasteiger partial charge in [-0.15, -0.1) is 0 Å². The standard InChI is InChI=1S/C31H33Cl4N3O4S/c1-2-27(31(40)36-21-11-5-3-6-12-21)37(19-23-24(32)15-9-16-25(23)33)29(39)20-38(28-18-10-17-26(34)30(28)35)43(41,42)22-13-7-4-8-14-22/h4,7-10,13-18,21,27H,2-3,5-6,11-12,19-20H2,1H3,(H,36,40)/t27-/m0/s1.